The first-order valence-corrected chi connectivity index (χ1v) is 6.27. The van der Waals surface area contributed by atoms with Crippen LogP contribution in [0.1, 0.15) is 30.3 Å². The third kappa shape index (κ3) is 2.86. The maximum atomic E-state index is 12.1. The highest BCUT2D eigenvalue weighted by molar-refractivity contribution is 5.92. The normalized spacial score (nSPS) is 14.2. The van der Waals surface area contributed by atoms with Gasteiger partial charge in [-0.05, 0) is 19.8 Å². The molecule has 0 radical (unpaired) electrons. The van der Waals surface area contributed by atoms with E-state index >= 15 is 0 Å². The summed E-state index contributed by atoms with van der Waals surface area (Å²) in [6, 6.07) is 0.366. The lowest BCUT2D eigenvalue weighted by Crippen LogP contribution is -2.35. The third-order valence-electron chi connectivity index (χ3n) is 3.11. The van der Waals surface area contributed by atoms with Gasteiger partial charge in [-0.15, -0.1) is 0 Å². The monoisotopic (exact) mass is 266 g/mol. The van der Waals surface area contributed by atoms with Crippen molar-refractivity contribution in [2.75, 3.05) is 19.4 Å². The molecule has 0 saturated heterocycles. The lowest BCUT2D eigenvalue weighted by molar-refractivity contribution is -0.132. The molecule has 19 heavy (non-hydrogen) atoms. The molecule has 0 bridgehead atoms. The molecule has 7 heteroatoms. The minimum atomic E-state index is -0.599. The van der Waals surface area contributed by atoms with Gasteiger partial charge in [0.1, 0.15) is 6.54 Å². The largest absolute Gasteiger partial charge is 0.464 e. The fourth-order valence-corrected chi connectivity index (χ4v) is 2.03. The van der Waals surface area contributed by atoms with Crippen molar-refractivity contribution in [3.05, 3.63) is 11.9 Å². The Hall–Kier alpha value is -2.05. The molecule has 1 aliphatic rings. The molecule has 1 amide bonds. The number of carbonyl (C=O) groups excluding carboxylic acids is 2. The van der Waals surface area contributed by atoms with Gasteiger partial charge in [0.15, 0.2) is 5.69 Å². The number of methoxy groups -OCH3 is 1. The van der Waals surface area contributed by atoms with Crippen molar-refractivity contribution in [3.8, 4) is 0 Å². The first-order chi connectivity index (χ1) is 9.06. The Labute approximate surface area is 111 Å². The number of nitrogens with zero attached hydrogens (tertiary/aromatic N) is 3. The van der Waals surface area contributed by atoms with Gasteiger partial charge in [0.2, 0.25) is 5.91 Å². The highest BCUT2D eigenvalue weighted by Gasteiger charge is 2.31. The van der Waals surface area contributed by atoms with E-state index < -0.39 is 5.97 Å². The van der Waals surface area contributed by atoms with E-state index in [9.17, 15) is 9.59 Å². The van der Waals surface area contributed by atoms with E-state index in [2.05, 4.69) is 9.84 Å². The van der Waals surface area contributed by atoms with E-state index in [0.717, 1.165) is 12.8 Å². The number of amides is 1. The van der Waals surface area contributed by atoms with Crippen LogP contribution in [0.5, 0.6) is 0 Å². The number of likely N-dealkylation sites (N-methyl/N-ethyl adjacent to an activating group) is 1. The first kappa shape index (κ1) is 13.4. The van der Waals surface area contributed by atoms with Crippen LogP contribution in [0.3, 0.4) is 0 Å². The summed E-state index contributed by atoms with van der Waals surface area (Å²) in [6.45, 7) is 2.73. The van der Waals surface area contributed by atoms with Gasteiger partial charge in [-0.2, -0.15) is 5.10 Å². The van der Waals surface area contributed by atoms with Crippen molar-refractivity contribution in [3.63, 3.8) is 0 Å². The van der Waals surface area contributed by atoms with Gasteiger partial charge < -0.3 is 15.4 Å². The zero-order valence-corrected chi connectivity index (χ0v) is 11.1. The Bertz CT molecular complexity index is 493. The number of hydrogen-bond donors (Lipinski definition) is 1. The summed E-state index contributed by atoms with van der Waals surface area (Å²) in [6.07, 6.45) is 3.60. The molecule has 1 saturated carbocycles. The minimum absolute atomic E-state index is 0.0103. The van der Waals surface area contributed by atoms with Gasteiger partial charge >= 0.3 is 5.97 Å². The summed E-state index contributed by atoms with van der Waals surface area (Å²) in [7, 11) is 1.26. The maximum Gasteiger partial charge on any atom is 0.360 e. The summed E-state index contributed by atoms with van der Waals surface area (Å²) < 4.78 is 5.95. The molecular weight excluding hydrogens is 248 g/mol. The lowest BCUT2D eigenvalue weighted by atomic mass is 10.4. The van der Waals surface area contributed by atoms with Crippen LogP contribution in [0.4, 0.5) is 5.69 Å². The zero-order chi connectivity index (χ0) is 14.0. The SMILES string of the molecule is CCN(C(=O)Cn1cc(N)c(C(=O)OC)n1)C1CC1. The van der Waals surface area contributed by atoms with E-state index in [0.29, 0.717) is 12.6 Å². The topological polar surface area (TPSA) is 90.5 Å². The average molecular weight is 266 g/mol. The number of ether oxygens (including phenoxy) is 1. The molecule has 0 aromatic carbocycles. The van der Waals surface area contributed by atoms with E-state index in [1.54, 1.807) is 0 Å². The molecule has 1 heterocycles. The van der Waals surface area contributed by atoms with Crippen molar-refractivity contribution in [2.24, 2.45) is 0 Å². The Kier molecular flexibility index (Phi) is 3.73. The Balaban J connectivity index is 2.06. The number of anilines is 1. The summed E-state index contributed by atoms with van der Waals surface area (Å²) >= 11 is 0. The molecule has 0 atom stereocenters. The third-order valence-corrected chi connectivity index (χ3v) is 3.11. The molecule has 0 spiro atoms. The van der Waals surface area contributed by atoms with Crippen molar-refractivity contribution < 1.29 is 14.3 Å². The van der Waals surface area contributed by atoms with Gasteiger partial charge in [0, 0.05) is 18.8 Å². The molecule has 2 rings (SSSR count). The second-order valence-corrected chi connectivity index (χ2v) is 4.53. The van der Waals surface area contributed by atoms with Gasteiger partial charge in [-0.1, -0.05) is 0 Å². The smallest absolute Gasteiger partial charge is 0.360 e. The standard InChI is InChI=1S/C12H18N4O3/c1-3-16(8-4-5-8)10(17)7-15-6-9(13)11(14-15)12(18)19-2/h6,8H,3-5,7,13H2,1-2H3. The summed E-state index contributed by atoms with van der Waals surface area (Å²) in [5.41, 5.74) is 5.93. The van der Waals surface area contributed by atoms with Crippen LogP contribution in [0.2, 0.25) is 0 Å². The van der Waals surface area contributed by atoms with E-state index in [4.69, 9.17) is 5.73 Å². The molecule has 1 fully saturated rings. The number of hydrogen-bond acceptors (Lipinski definition) is 5. The van der Waals surface area contributed by atoms with Crippen LogP contribution in [0, 0.1) is 0 Å². The first-order valence-electron chi connectivity index (χ1n) is 6.27. The minimum Gasteiger partial charge on any atom is -0.464 e. The average Bonchev–Trinajstić information content (AvgIpc) is 3.14. The van der Waals surface area contributed by atoms with Crippen molar-refractivity contribution in [1.29, 1.82) is 0 Å². The Morgan fingerprint density at radius 1 is 1.58 bits per heavy atom. The molecule has 1 aromatic heterocycles. The summed E-state index contributed by atoms with van der Waals surface area (Å²) in [4.78, 5) is 25.3. The molecule has 2 N–H and O–H groups in total. The van der Waals surface area contributed by atoms with Gasteiger partial charge in [0.05, 0.1) is 12.8 Å². The molecular formula is C12H18N4O3. The van der Waals surface area contributed by atoms with Crippen LogP contribution in [0.15, 0.2) is 6.20 Å². The molecule has 1 aromatic rings. The fraction of sp³-hybridized carbons (Fsp3) is 0.583. The number of nitrogen functional groups attached to an aromatic ring is 1. The van der Waals surface area contributed by atoms with Gasteiger partial charge in [0.25, 0.3) is 0 Å². The quantitative estimate of drug-likeness (QED) is 0.772. The van der Waals surface area contributed by atoms with E-state index in [1.807, 2.05) is 11.8 Å². The van der Waals surface area contributed by atoms with E-state index in [-0.39, 0.29) is 23.8 Å². The number of aromatic nitrogens is 2. The number of esters is 1. The summed E-state index contributed by atoms with van der Waals surface area (Å²) in [5, 5.41) is 3.99. The summed E-state index contributed by atoms with van der Waals surface area (Å²) in [5.74, 6) is -0.609. The highest BCUT2D eigenvalue weighted by Crippen LogP contribution is 2.26. The van der Waals surface area contributed by atoms with Crippen LogP contribution in [-0.4, -0.2) is 46.3 Å². The van der Waals surface area contributed by atoms with Crippen LogP contribution in [-0.2, 0) is 16.1 Å². The predicted octanol–water partition coefficient (Wildman–Crippen LogP) is 0.263. The molecule has 0 unspecified atom stereocenters. The second-order valence-electron chi connectivity index (χ2n) is 4.53. The molecule has 1 aliphatic carbocycles. The predicted molar refractivity (Wildman–Crippen MR) is 68.4 cm³/mol. The van der Waals surface area contributed by atoms with E-state index in [1.165, 1.54) is 18.0 Å². The number of rotatable bonds is 5. The number of carbonyl (C=O) groups is 2. The van der Waals surface area contributed by atoms with Crippen molar-refractivity contribution in [2.45, 2.75) is 32.4 Å². The van der Waals surface area contributed by atoms with Crippen molar-refractivity contribution >= 4 is 17.6 Å². The lowest BCUT2D eigenvalue weighted by Gasteiger charge is -2.20. The maximum absolute atomic E-state index is 12.1. The second kappa shape index (κ2) is 5.29. The van der Waals surface area contributed by atoms with Gasteiger partial charge in [-0.3, -0.25) is 9.48 Å². The zero-order valence-electron chi connectivity index (χ0n) is 11.1. The highest BCUT2D eigenvalue weighted by atomic mass is 16.5. The Morgan fingerprint density at radius 2 is 2.26 bits per heavy atom. The van der Waals surface area contributed by atoms with Crippen LogP contribution >= 0.6 is 0 Å². The van der Waals surface area contributed by atoms with Crippen molar-refractivity contribution in [1.82, 2.24) is 14.7 Å². The van der Waals surface area contributed by atoms with Crippen LogP contribution < -0.4 is 5.73 Å². The Morgan fingerprint density at radius 3 is 2.79 bits per heavy atom. The van der Waals surface area contributed by atoms with Gasteiger partial charge in [-0.25, -0.2) is 4.79 Å². The molecule has 0 aliphatic heterocycles. The fourth-order valence-electron chi connectivity index (χ4n) is 2.03. The molecule has 104 valence electrons. The van der Waals surface area contributed by atoms with Crippen LogP contribution in [0.25, 0.3) is 0 Å². The number of nitrogens with two attached hydrogens (primary N) is 1. The molecule has 7 nitrogen and oxygen atoms in total.